The average molecular weight is 206 g/mol. The molecular weight excluding hydrogens is 192 g/mol. The molecule has 0 N–H and O–H groups in total. The fourth-order valence-corrected chi connectivity index (χ4v) is 2.02. The van der Waals surface area contributed by atoms with E-state index in [2.05, 4.69) is 6.58 Å². The summed E-state index contributed by atoms with van der Waals surface area (Å²) in [5.74, 6) is 0.352. The summed E-state index contributed by atoms with van der Waals surface area (Å²) in [6.07, 6.45) is 3.23. The maximum absolute atomic E-state index is 12.1. The summed E-state index contributed by atoms with van der Waals surface area (Å²) in [6.45, 7) is 6.21. The highest BCUT2D eigenvalue weighted by Crippen LogP contribution is 2.30. The van der Waals surface area contributed by atoms with E-state index in [1.165, 1.54) is 6.26 Å². The van der Waals surface area contributed by atoms with Crippen molar-refractivity contribution >= 4 is 5.78 Å². The van der Waals surface area contributed by atoms with Gasteiger partial charge in [-0.3, -0.25) is 4.79 Å². The standard InChI is InChI=1S/C12H14O3/c1-3-9-7-15-8(2)11(9)12(13)10-5-4-6-14-10/h3-6,8-9,11H,1,7H2,2H3/t8-,9+,11-/m1/s1. The average Bonchev–Trinajstić information content (AvgIpc) is 2.85. The van der Waals surface area contributed by atoms with E-state index in [0.717, 1.165) is 0 Å². The normalized spacial score (nSPS) is 30.3. The summed E-state index contributed by atoms with van der Waals surface area (Å²) in [5, 5.41) is 0. The Hall–Kier alpha value is -1.35. The maximum atomic E-state index is 12.1. The van der Waals surface area contributed by atoms with Gasteiger partial charge in [0.2, 0.25) is 5.78 Å². The van der Waals surface area contributed by atoms with Crippen LogP contribution in [0.25, 0.3) is 0 Å². The molecule has 2 heterocycles. The molecule has 1 aromatic heterocycles. The Labute approximate surface area is 88.7 Å². The van der Waals surface area contributed by atoms with Gasteiger partial charge in [0, 0.05) is 5.92 Å². The predicted molar refractivity (Wildman–Crippen MR) is 55.6 cm³/mol. The molecule has 2 rings (SSSR count). The van der Waals surface area contributed by atoms with Gasteiger partial charge in [0.05, 0.1) is 24.9 Å². The summed E-state index contributed by atoms with van der Waals surface area (Å²) >= 11 is 0. The third kappa shape index (κ3) is 1.75. The van der Waals surface area contributed by atoms with Crippen LogP contribution >= 0.6 is 0 Å². The van der Waals surface area contributed by atoms with Crippen LogP contribution in [0.3, 0.4) is 0 Å². The quantitative estimate of drug-likeness (QED) is 0.562. The maximum Gasteiger partial charge on any atom is 0.204 e. The Bertz CT molecular complexity index is 353. The molecule has 0 aromatic carbocycles. The smallest absolute Gasteiger partial charge is 0.204 e. The second-order valence-electron chi connectivity index (χ2n) is 3.81. The predicted octanol–water partition coefficient (Wildman–Crippen LogP) is 2.30. The highest BCUT2D eigenvalue weighted by molar-refractivity contribution is 5.96. The minimum absolute atomic E-state index is 0.00917. The molecule has 0 amide bonds. The molecule has 1 aromatic rings. The van der Waals surface area contributed by atoms with Gasteiger partial charge >= 0.3 is 0 Å². The van der Waals surface area contributed by atoms with Crippen molar-refractivity contribution in [1.29, 1.82) is 0 Å². The Morgan fingerprint density at radius 3 is 3.07 bits per heavy atom. The molecule has 3 atom stereocenters. The number of rotatable bonds is 3. The zero-order chi connectivity index (χ0) is 10.8. The zero-order valence-corrected chi connectivity index (χ0v) is 8.68. The van der Waals surface area contributed by atoms with Crippen LogP contribution in [0.1, 0.15) is 17.5 Å². The largest absolute Gasteiger partial charge is 0.461 e. The topological polar surface area (TPSA) is 39.4 Å². The second-order valence-corrected chi connectivity index (χ2v) is 3.81. The number of hydrogen-bond donors (Lipinski definition) is 0. The van der Waals surface area contributed by atoms with Crippen molar-refractivity contribution in [1.82, 2.24) is 0 Å². The molecule has 1 aliphatic rings. The lowest BCUT2D eigenvalue weighted by Crippen LogP contribution is -2.26. The molecule has 1 saturated heterocycles. The number of carbonyl (C=O) groups is 1. The third-order valence-electron chi connectivity index (χ3n) is 2.89. The van der Waals surface area contributed by atoms with Gasteiger partial charge in [0.25, 0.3) is 0 Å². The van der Waals surface area contributed by atoms with E-state index in [0.29, 0.717) is 12.4 Å². The van der Waals surface area contributed by atoms with E-state index in [4.69, 9.17) is 9.15 Å². The number of hydrogen-bond acceptors (Lipinski definition) is 3. The fourth-order valence-electron chi connectivity index (χ4n) is 2.02. The van der Waals surface area contributed by atoms with Crippen molar-refractivity contribution in [3.05, 3.63) is 36.8 Å². The van der Waals surface area contributed by atoms with E-state index in [1.807, 2.05) is 6.92 Å². The first-order valence-electron chi connectivity index (χ1n) is 5.06. The van der Waals surface area contributed by atoms with Gasteiger partial charge in [-0.1, -0.05) is 6.08 Å². The van der Waals surface area contributed by atoms with Crippen LogP contribution in [0.2, 0.25) is 0 Å². The summed E-state index contributed by atoms with van der Waals surface area (Å²) in [4.78, 5) is 12.1. The fraction of sp³-hybridized carbons (Fsp3) is 0.417. The Morgan fingerprint density at radius 1 is 1.67 bits per heavy atom. The van der Waals surface area contributed by atoms with E-state index in [9.17, 15) is 4.79 Å². The van der Waals surface area contributed by atoms with E-state index in [-0.39, 0.29) is 23.7 Å². The molecule has 3 nitrogen and oxygen atoms in total. The van der Waals surface area contributed by atoms with Gasteiger partial charge in [-0.15, -0.1) is 6.58 Å². The summed E-state index contributed by atoms with van der Waals surface area (Å²) in [7, 11) is 0. The van der Waals surface area contributed by atoms with Gasteiger partial charge in [0.15, 0.2) is 5.76 Å². The van der Waals surface area contributed by atoms with Gasteiger partial charge in [-0.25, -0.2) is 0 Å². The lowest BCUT2D eigenvalue weighted by atomic mass is 9.87. The Kier molecular flexibility index (Phi) is 2.73. The number of ketones is 1. The van der Waals surface area contributed by atoms with E-state index in [1.54, 1.807) is 18.2 Å². The van der Waals surface area contributed by atoms with Crippen molar-refractivity contribution in [2.45, 2.75) is 13.0 Å². The van der Waals surface area contributed by atoms with Gasteiger partial charge < -0.3 is 9.15 Å². The molecule has 0 spiro atoms. The van der Waals surface area contributed by atoms with Crippen molar-refractivity contribution < 1.29 is 13.9 Å². The minimum atomic E-state index is -0.159. The first-order chi connectivity index (χ1) is 7.24. The minimum Gasteiger partial charge on any atom is -0.461 e. The molecule has 1 aliphatic heterocycles. The van der Waals surface area contributed by atoms with Crippen molar-refractivity contribution in [2.75, 3.05) is 6.61 Å². The molecule has 80 valence electrons. The van der Waals surface area contributed by atoms with Gasteiger partial charge in [-0.2, -0.15) is 0 Å². The van der Waals surface area contributed by atoms with E-state index < -0.39 is 0 Å². The molecule has 0 aliphatic carbocycles. The van der Waals surface area contributed by atoms with Crippen molar-refractivity contribution in [3.8, 4) is 0 Å². The summed E-state index contributed by atoms with van der Waals surface area (Å²) in [5.41, 5.74) is 0. The van der Waals surface area contributed by atoms with Crippen LogP contribution in [0.5, 0.6) is 0 Å². The van der Waals surface area contributed by atoms with Gasteiger partial charge in [0.1, 0.15) is 0 Å². The van der Waals surface area contributed by atoms with Crippen LogP contribution in [-0.2, 0) is 4.74 Å². The van der Waals surface area contributed by atoms with Crippen molar-refractivity contribution in [3.63, 3.8) is 0 Å². The number of carbonyl (C=O) groups excluding carboxylic acids is 1. The van der Waals surface area contributed by atoms with Crippen LogP contribution in [0.4, 0.5) is 0 Å². The molecule has 0 radical (unpaired) electrons. The third-order valence-corrected chi connectivity index (χ3v) is 2.89. The Morgan fingerprint density at radius 2 is 2.47 bits per heavy atom. The highest BCUT2D eigenvalue weighted by atomic mass is 16.5. The first-order valence-corrected chi connectivity index (χ1v) is 5.06. The summed E-state index contributed by atoms with van der Waals surface area (Å²) in [6, 6.07) is 3.41. The molecule has 3 heteroatoms. The first kappa shape index (κ1) is 10.2. The van der Waals surface area contributed by atoms with Gasteiger partial charge in [-0.05, 0) is 19.1 Å². The Balaban J connectivity index is 2.22. The van der Waals surface area contributed by atoms with Crippen LogP contribution in [0.15, 0.2) is 35.5 Å². The zero-order valence-electron chi connectivity index (χ0n) is 8.68. The highest BCUT2D eigenvalue weighted by Gasteiger charge is 2.39. The lowest BCUT2D eigenvalue weighted by molar-refractivity contribution is 0.0738. The molecule has 0 bridgehead atoms. The molecule has 1 fully saturated rings. The molecule has 0 unspecified atom stereocenters. The summed E-state index contributed by atoms with van der Waals surface area (Å²) < 4.78 is 10.6. The lowest BCUT2D eigenvalue weighted by Gasteiger charge is -2.14. The van der Waals surface area contributed by atoms with Crippen molar-refractivity contribution in [2.24, 2.45) is 11.8 Å². The number of furan rings is 1. The molecular formula is C12H14O3. The number of ether oxygens (including phenoxy) is 1. The van der Waals surface area contributed by atoms with Crippen LogP contribution in [-0.4, -0.2) is 18.5 Å². The monoisotopic (exact) mass is 206 g/mol. The van der Waals surface area contributed by atoms with Crippen LogP contribution < -0.4 is 0 Å². The molecule has 15 heavy (non-hydrogen) atoms. The second kappa shape index (κ2) is 4.03. The SMILES string of the molecule is C=C[C@H]1CO[C@H](C)[C@H]1C(=O)c1ccco1. The molecule has 0 saturated carbocycles. The van der Waals surface area contributed by atoms with E-state index >= 15 is 0 Å². The van der Waals surface area contributed by atoms with Crippen LogP contribution in [0, 0.1) is 11.8 Å². The number of Topliss-reactive ketones (excluding diaryl/α,β-unsaturated/α-hetero) is 1.